The number of thiocarbonyl (C=S) groups is 1. The van der Waals surface area contributed by atoms with Crippen molar-refractivity contribution in [3.8, 4) is 0 Å². The van der Waals surface area contributed by atoms with Crippen molar-refractivity contribution in [3.05, 3.63) is 53.7 Å². The quantitative estimate of drug-likeness (QED) is 0.676. The molecule has 2 N–H and O–H groups in total. The Morgan fingerprint density at radius 3 is 2.52 bits per heavy atom. The molecule has 1 aromatic heterocycles. The monoisotopic (exact) mass is 433 g/mol. The number of rotatable bonds is 6. The Bertz CT molecular complexity index is 943. The highest BCUT2D eigenvalue weighted by atomic mass is 32.2. The molecule has 0 spiro atoms. The maximum atomic E-state index is 12.6. The molecule has 0 atom stereocenters. The van der Waals surface area contributed by atoms with Gasteiger partial charge in [-0.2, -0.15) is 4.31 Å². The maximum absolute atomic E-state index is 12.6. The summed E-state index contributed by atoms with van der Waals surface area (Å²) in [5.74, 6) is 0.889. The number of hydrogen-bond donors (Lipinski definition) is 2. The third-order valence-electron chi connectivity index (χ3n) is 5.02. The molecule has 0 saturated carbocycles. The fraction of sp³-hybridized carbons (Fsp3) is 0.400. The van der Waals surface area contributed by atoms with E-state index in [1.54, 1.807) is 10.5 Å². The molecule has 2 aromatic rings. The smallest absolute Gasteiger partial charge is 0.215 e. The summed E-state index contributed by atoms with van der Waals surface area (Å²) in [6, 6.07) is 11.7. The first-order valence-electron chi connectivity index (χ1n) is 9.61. The van der Waals surface area contributed by atoms with E-state index in [1.807, 2.05) is 43.3 Å². The summed E-state index contributed by atoms with van der Waals surface area (Å²) in [6.45, 7) is 6.55. The van der Waals surface area contributed by atoms with Crippen molar-refractivity contribution in [2.45, 2.75) is 13.8 Å². The van der Waals surface area contributed by atoms with E-state index >= 15 is 0 Å². The van der Waals surface area contributed by atoms with Gasteiger partial charge in [0.2, 0.25) is 10.0 Å². The minimum absolute atomic E-state index is 0.00529. The molecule has 1 aliphatic rings. The van der Waals surface area contributed by atoms with Crippen LogP contribution in [-0.4, -0.2) is 61.3 Å². The summed E-state index contributed by atoms with van der Waals surface area (Å²) >= 11 is 5.28. The van der Waals surface area contributed by atoms with Crippen molar-refractivity contribution in [1.82, 2.24) is 14.6 Å². The molecule has 156 valence electrons. The van der Waals surface area contributed by atoms with E-state index in [9.17, 15) is 8.42 Å². The van der Waals surface area contributed by atoms with Crippen molar-refractivity contribution in [1.29, 1.82) is 0 Å². The lowest BCUT2D eigenvalue weighted by atomic mass is 10.1. The van der Waals surface area contributed by atoms with Crippen LogP contribution in [0.2, 0.25) is 0 Å². The lowest BCUT2D eigenvalue weighted by Gasteiger charge is -2.34. The number of nitrogens with zero attached hydrogens (tertiary/aromatic N) is 3. The van der Waals surface area contributed by atoms with Crippen LogP contribution >= 0.6 is 12.2 Å². The molecule has 0 bridgehead atoms. The molecular weight excluding hydrogens is 406 g/mol. The number of aromatic nitrogens is 1. The van der Waals surface area contributed by atoms with Crippen LogP contribution in [-0.2, 0) is 10.0 Å². The average molecular weight is 434 g/mol. The van der Waals surface area contributed by atoms with Gasteiger partial charge in [0.05, 0.1) is 5.75 Å². The lowest BCUT2D eigenvalue weighted by molar-refractivity contribution is 0.384. The molecule has 7 nitrogen and oxygen atoms in total. The summed E-state index contributed by atoms with van der Waals surface area (Å²) in [5.41, 5.74) is 3.27. The van der Waals surface area contributed by atoms with Gasteiger partial charge in [-0.05, 0) is 61.5 Å². The summed E-state index contributed by atoms with van der Waals surface area (Å²) in [5, 5.41) is 6.51. The van der Waals surface area contributed by atoms with Crippen LogP contribution in [0.15, 0.2) is 42.6 Å². The van der Waals surface area contributed by atoms with Crippen LogP contribution in [0, 0.1) is 13.8 Å². The number of nitrogens with one attached hydrogen (secondary N) is 2. The number of sulfonamides is 1. The van der Waals surface area contributed by atoms with Gasteiger partial charge >= 0.3 is 0 Å². The van der Waals surface area contributed by atoms with Crippen LogP contribution in [0.5, 0.6) is 0 Å². The Hall–Kier alpha value is -2.23. The van der Waals surface area contributed by atoms with E-state index in [-0.39, 0.29) is 12.3 Å². The van der Waals surface area contributed by atoms with Crippen LogP contribution in [0.1, 0.15) is 11.1 Å². The SMILES string of the molecule is Cc1ccc(NC(=S)NCCS(=O)(=O)N2CCN(c3ccccn3)CC2)cc1C. The second kappa shape index (κ2) is 9.51. The van der Waals surface area contributed by atoms with Gasteiger partial charge in [-0.3, -0.25) is 0 Å². The number of aryl methyl sites for hydroxylation is 2. The van der Waals surface area contributed by atoms with Gasteiger partial charge in [-0.1, -0.05) is 12.1 Å². The molecule has 1 fully saturated rings. The van der Waals surface area contributed by atoms with Crippen LogP contribution in [0.25, 0.3) is 0 Å². The number of benzene rings is 1. The third-order valence-corrected chi connectivity index (χ3v) is 7.13. The zero-order valence-corrected chi connectivity index (χ0v) is 18.4. The van der Waals surface area contributed by atoms with E-state index in [2.05, 4.69) is 27.4 Å². The molecule has 0 unspecified atom stereocenters. The number of anilines is 2. The van der Waals surface area contributed by atoms with E-state index in [4.69, 9.17) is 12.2 Å². The van der Waals surface area contributed by atoms with E-state index < -0.39 is 10.0 Å². The third kappa shape index (κ3) is 5.88. The molecule has 0 radical (unpaired) electrons. The Labute approximate surface area is 178 Å². The van der Waals surface area contributed by atoms with Crippen molar-refractivity contribution in [2.75, 3.05) is 48.7 Å². The van der Waals surface area contributed by atoms with Crippen molar-refractivity contribution < 1.29 is 8.42 Å². The fourth-order valence-corrected chi connectivity index (χ4v) is 4.71. The molecule has 0 amide bonds. The maximum Gasteiger partial charge on any atom is 0.215 e. The van der Waals surface area contributed by atoms with Crippen LogP contribution < -0.4 is 15.5 Å². The Morgan fingerprint density at radius 1 is 1.10 bits per heavy atom. The van der Waals surface area contributed by atoms with Gasteiger partial charge in [0.1, 0.15) is 5.82 Å². The van der Waals surface area contributed by atoms with Gasteiger partial charge < -0.3 is 15.5 Å². The van der Waals surface area contributed by atoms with Gasteiger partial charge in [-0.25, -0.2) is 13.4 Å². The van der Waals surface area contributed by atoms with Crippen molar-refractivity contribution >= 4 is 38.9 Å². The molecule has 9 heteroatoms. The van der Waals surface area contributed by atoms with Crippen molar-refractivity contribution in [3.63, 3.8) is 0 Å². The number of hydrogen-bond acceptors (Lipinski definition) is 5. The Balaban J connectivity index is 1.44. The molecule has 29 heavy (non-hydrogen) atoms. The molecular formula is C20H27N5O2S2. The fourth-order valence-electron chi connectivity index (χ4n) is 3.15. The highest BCUT2D eigenvalue weighted by Crippen LogP contribution is 2.15. The summed E-state index contributed by atoms with van der Waals surface area (Å²) in [6.07, 6.45) is 1.75. The first-order chi connectivity index (χ1) is 13.8. The second-order valence-corrected chi connectivity index (χ2v) is 9.57. The first kappa shape index (κ1) is 21.5. The van der Waals surface area contributed by atoms with Crippen LogP contribution in [0.4, 0.5) is 11.5 Å². The topological polar surface area (TPSA) is 77.6 Å². The standard InChI is InChI=1S/C20H27N5O2S2/c1-16-6-7-18(15-17(16)2)23-20(28)22-9-14-29(26,27)25-12-10-24(11-13-25)19-5-3-4-8-21-19/h3-8,15H,9-14H2,1-2H3,(H2,22,23,28). The number of pyridine rings is 1. The molecule has 3 rings (SSSR count). The summed E-state index contributed by atoms with van der Waals surface area (Å²) in [7, 11) is -3.33. The van der Waals surface area contributed by atoms with E-state index in [1.165, 1.54) is 11.1 Å². The second-order valence-electron chi connectivity index (χ2n) is 7.07. The predicted octanol–water partition coefficient (Wildman–Crippen LogP) is 2.14. The van der Waals surface area contributed by atoms with Crippen LogP contribution in [0.3, 0.4) is 0 Å². The minimum atomic E-state index is -3.33. The van der Waals surface area contributed by atoms with E-state index in [0.717, 1.165) is 11.5 Å². The molecule has 1 aliphatic heterocycles. The molecule has 0 aliphatic carbocycles. The summed E-state index contributed by atoms with van der Waals surface area (Å²) < 4.78 is 26.8. The first-order valence-corrected chi connectivity index (χ1v) is 11.6. The van der Waals surface area contributed by atoms with E-state index in [0.29, 0.717) is 31.3 Å². The van der Waals surface area contributed by atoms with Gasteiger partial charge in [0, 0.05) is 44.6 Å². The van der Waals surface area contributed by atoms with Crippen molar-refractivity contribution in [2.24, 2.45) is 0 Å². The molecule has 2 heterocycles. The number of piperazine rings is 1. The zero-order valence-electron chi connectivity index (χ0n) is 16.8. The Kier molecular flexibility index (Phi) is 7.05. The lowest BCUT2D eigenvalue weighted by Crippen LogP contribution is -2.50. The van der Waals surface area contributed by atoms with Gasteiger partial charge in [0.25, 0.3) is 0 Å². The molecule has 1 aromatic carbocycles. The highest BCUT2D eigenvalue weighted by Gasteiger charge is 2.27. The van der Waals surface area contributed by atoms with Gasteiger partial charge in [-0.15, -0.1) is 0 Å². The molecule has 1 saturated heterocycles. The average Bonchev–Trinajstić information content (AvgIpc) is 2.71. The highest BCUT2D eigenvalue weighted by molar-refractivity contribution is 7.89. The Morgan fingerprint density at radius 2 is 1.86 bits per heavy atom. The summed E-state index contributed by atoms with van der Waals surface area (Å²) in [4.78, 5) is 6.43. The zero-order chi connectivity index (χ0) is 20.9. The van der Waals surface area contributed by atoms with Gasteiger partial charge in [0.15, 0.2) is 5.11 Å². The normalized spacial score (nSPS) is 15.2. The minimum Gasteiger partial charge on any atom is -0.361 e. The largest absolute Gasteiger partial charge is 0.361 e. The predicted molar refractivity (Wildman–Crippen MR) is 122 cm³/mol.